The van der Waals surface area contributed by atoms with Crippen LogP contribution in [0, 0.1) is 0 Å². The van der Waals surface area contributed by atoms with E-state index in [1.54, 1.807) is 23.2 Å². The van der Waals surface area contributed by atoms with E-state index in [1.807, 2.05) is 39.1 Å². The number of aldehydes is 1. The molecule has 1 aliphatic rings. The highest BCUT2D eigenvalue weighted by atomic mass is 16.6. The molecule has 1 aliphatic heterocycles. The monoisotopic (exact) mass is 407 g/mol. The second-order valence-electron chi connectivity index (χ2n) is 8.33. The zero-order chi connectivity index (χ0) is 21.3. The van der Waals surface area contributed by atoms with Crippen molar-refractivity contribution in [1.29, 1.82) is 0 Å². The van der Waals surface area contributed by atoms with Crippen molar-refractivity contribution in [1.82, 2.24) is 9.88 Å². The van der Waals surface area contributed by atoms with Crippen molar-refractivity contribution in [2.75, 3.05) is 31.1 Å². The van der Waals surface area contributed by atoms with Gasteiger partial charge in [0.25, 0.3) is 0 Å². The number of hydrogen-bond donors (Lipinski definition) is 0. The lowest BCUT2D eigenvalue weighted by Crippen LogP contribution is -2.50. The molecule has 3 heterocycles. The topological polar surface area (TPSA) is 75.9 Å². The van der Waals surface area contributed by atoms with Crippen molar-refractivity contribution >= 4 is 28.8 Å². The zero-order valence-electron chi connectivity index (χ0n) is 17.4. The number of ether oxygens (including phenoxy) is 1. The molecule has 1 fully saturated rings. The van der Waals surface area contributed by atoms with Gasteiger partial charge in [0.05, 0.1) is 0 Å². The van der Waals surface area contributed by atoms with Gasteiger partial charge in [-0.3, -0.25) is 9.78 Å². The average molecular weight is 407 g/mol. The van der Waals surface area contributed by atoms with Gasteiger partial charge < -0.3 is 19.0 Å². The molecule has 0 atom stereocenters. The lowest BCUT2D eigenvalue weighted by atomic mass is 10.0. The molecule has 3 aromatic rings. The van der Waals surface area contributed by atoms with Gasteiger partial charge in [0.2, 0.25) is 0 Å². The minimum Gasteiger partial charge on any atom is -0.453 e. The fourth-order valence-electron chi connectivity index (χ4n) is 3.68. The molecular weight excluding hydrogens is 382 g/mol. The number of aromatic nitrogens is 1. The first kappa shape index (κ1) is 19.9. The van der Waals surface area contributed by atoms with Gasteiger partial charge in [-0.15, -0.1) is 0 Å². The first-order valence-electron chi connectivity index (χ1n) is 10.0. The molecule has 0 unspecified atom stereocenters. The van der Waals surface area contributed by atoms with E-state index in [1.165, 1.54) is 0 Å². The fraction of sp³-hybridized carbons (Fsp3) is 0.348. The molecule has 7 heteroatoms. The molecule has 0 radical (unpaired) electrons. The summed E-state index contributed by atoms with van der Waals surface area (Å²) in [6.07, 6.45) is 4.01. The second-order valence-corrected chi connectivity index (χ2v) is 8.33. The number of hydrogen-bond acceptors (Lipinski definition) is 6. The van der Waals surface area contributed by atoms with Crippen molar-refractivity contribution in [3.05, 3.63) is 48.5 Å². The maximum Gasteiger partial charge on any atom is 0.410 e. The Kier molecular flexibility index (Phi) is 5.20. The normalized spacial score (nSPS) is 14.8. The molecule has 4 rings (SSSR count). The summed E-state index contributed by atoms with van der Waals surface area (Å²) < 4.78 is 11.1. The van der Waals surface area contributed by atoms with Crippen LogP contribution in [0.3, 0.4) is 0 Å². The van der Waals surface area contributed by atoms with Gasteiger partial charge in [-0.1, -0.05) is 0 Å². The minimum absolute atomic E-state index is 0.268. The molecule has 2 aromatic heterocycles. The van der Waals surface area contributed by atoms with E-state index in [0.717, 1.165) is 22.0 Å². The highest BCUT2D eigenvalue weighted by molar-refractivity contribution is 6.02. The van der Waals surface area contributed by atoms with Gasteiger partial charge in [-0.25, -0.2) is 4.79 Å². The maximum absolute atomic E-state index is 12.3. The van der Waals surface area contributed by atoms with Crippen LogP contribution in [0.2, 0.25) is 0 Å². The number of anilines is 1. The van der Waals surface area contributed by atoms with E-state index in [-0.39, 0.29) is 6.09 Å². The molecule has 1 amide bonds. The number of piperazine rings is 1. The number of nitrogens with zero attached hydrogens (tertiary/aromatic N) is 3. The number of benzene rings is 1. The molecule has 0 N–H and O–H groups in total. The van der Waals surface area contributed by atoms with Gasteiger partial charge in [-0.05, 0) is 51.1 Å². The zero-order valence-corrected chi connectivity index (χ0v) is 17.4. The van der Waals surface area contributed by atoms with E-state index in [0.29, 0.717) is 44.0 Å². The first-order chi connectivity index (χ1) is 14.4. The summed E-state index contributed by atoms with van der Waals surface area (Å²) in [5.41, 5.74) is 1.48. The van der Waals surface area contributed by atoms with Gasteiger partial charge >= 0.3 is 6.09 Å². The Bertz CT molecular complexity index is 1080. The quantitative estimate of drug-likeness (QED) is 0.601. The Labute approximate surface area is 175 Å². The van der Waals surface area contributed by atoms with E-state index in [9.17, 15) is 9.59 Å². The number of rotatable bonds is 3. The molecule has 0 aliphatic carbocycles. The molecule has 30 heavy (non-hydrogen) atoms. The predicted molar refractivity (Wildman–Crippen MR) is 115 cm³/mol. The Morgan fingerprint density at radius 1 is 1.07 bits per heavy atom. The van der Waals surface area contributed by atoms with Crippen LogP contribution in [0.25, 0.3) is 22.1 Å². The molecule has 156 valence electrons. The van der Waals surface area contributed by atoms with E-state index in [4.69, 9.17) is 9.15 Å². The molecule has 1 aromatic carbocycles. The molecular formula is C23H25N3O4. The largest absolute Gasteiger partial charge is 0.453 e. The van der Waals surface area contributed by atoms with Crippen molar-refractivity contribution in [2.45, 2.75) is 26.4 Å². The van der Waals surface area contributed by atoms with Crippen LogP contribution in [-0.2, 0) is 4.74 Å². The van der Waals surface area contributed by atoms with Crippen molar-refractivity contribution in [3.8, 4) is 11.3 Å². The van der Waals surface area contributed by atoms with Crippen LogP contribution in [-0.4, -0.2) is 54.0 Å². The van der Waals surface area contributed by atoms with E-state index < -0.39 is 5.60 Å². The maximum atomic E-state index is 12.3. The summed E-state index contributed by atoms with van der Waals surface area (Å²) in [6, 6.07) is 9.49. The van der Waals surface area contributed by atoms with E-state index in [2.05, 4.69) is 16.0 Å². The summed E-state index contributed by atoms with van der Waals surface area (Å²) >= 11 is 0. The minimum atomic E-state index is -0.497. The summed E-state index contributed by atoms with van der Waals surface area (Å²) in [5, 5.41) is 2.01. The molecule has 0 bridgehead atoms. The molecule has 1 saturated heterocycles. The van der Waals surface area contributed by atoms with Crippen LogP contribution in [0.4, 0.5) is 10.5 Å². The van der Waals surface area contributed by atoms with Crippen molar-refractivity contribution < 1.29 is 18.7 Å². The lowest BCUT2D eigenvalue weighted by molar-refractivity contribution is 0.0240. The Morgan fingerprint density at radius 3 is 2.50 bits per heavy atom. The standard InChI is InChI=1S/C23H25N3O4/c1-23(2,3)30-22(28)26-12-10-25(11-13-26)20-6-5-18(19-14-24-9-8-17(19)20)21-7-4-16(15-27)29-21/h4-9,14-15H,10-13H2,1-3H3. The summed E-state index contributed by atoms with van der Waals surface area (Å²) in [7, 11) is 0. The van der Waals surface area contributed by atoms with E-state index >= 15 is 0 Å². The highest BCUT2D eigenvalue weighted by Gasteiger charge is 2.26. The van der Waals surface area contributed by atoms with Crippen molar-refractivity contribution in [3.63, 3.8) is 0 Å². The van der Waals surface area contributed by atoms with Crippen LogP contribution >= 0.6 is 0 Å². The molecule has 0 spiro atoms. The highest BCUT2D eigenvalue weighted by Crippen LogP contribution is 2.35. The predicted octanol–water partition coefficient (Wildman–Crippen LogP) is 4.36. The third kappa shape index (κ3) is 4.01. The van der Waals surface area contributed by atoms with Crippen LogP contribution in [0.5, 0.6) is 0 Å². The summed E-state index contributed by atoms with van der Waals surface area (Å²) in [6.45, 7) is 8.26. The first-order valence-corrected chi connectivity index (χ1v) is 10.0. The van der Waals surface area contributed by atoms with Crippen LogP contribution in [0.1, 0.15) is 31.3 Å². The average Bonchev–Trinajstić information content (AvgIpc) is 3.21. The van der Waals surface area contributed by atoms with Gasteiger partial charge in [0.1, 0.15) is 11.4 Å². The summed E-state index contributed by atoms with van der Waals surface area (Å²) in [4.78, 5) is 31.6. The third-order valence-corrected chi connectivity index (χ3v) is 5.08. The third-order valence-electron chi connectivity index (χ3n) is 5.08. The second kappa shape index (κ2) is 7.82. The van der Waals surface area contributed by atoms with Crippen LogP contribution < -0.4 is 4.90 Å². The Balaban J connectivity index is 1.58. The molecule has 0 saturated carbocycles. The number of amides is 1. The number of carbonyl (C=O) groups is 2. The number of carbonyl (C=O) groups excluding carboxylic acids is 2. The van der Waals surface area contributed by atoms with Gasteiger partial charge in [0.15, 0.2) is 12.0 Å². The van der Waals surface area contributed by atoms with Gasteiger partial charge in [0, 0.05) is 60.6 Å². The smallest absolute Gasteiger partial charge is 0.410 e. The molecule has 7 nitrogen and oxygen atoms in total. The SMILES string of the molecule is CC(C)(C)OC(=O)N1CCN(c2ccc(-c3ccc(C=O)o3)c3cnccc23)CC1. The number of fused-ring (bicyclic) bond motifs is 1. The van der Waals surface area contributed by atoms with Crippen molar-refractivity contribution in [2.24, 2.45) is 0 Å². The number of pyridine rings is 1. The van der Waals surface area contributed by atoms with Gasteiger partial charge in [-0.2, -0.15) is 0 Å². The Morgan fingerprint density at radius 2 is 1.83 bits per heavy atom. The summed E-state index contributed by atoms with van der Waals surface area (Å²) in [5.74, 6) is 0.931. The number of furan rings is 1. The fourth-order valence-corrected chi connectivity index (χ4v) is 3.68. The van der Waals surface area contributed by atoms with Crippen LogP contribution in [0.15, 0.2) is 47.1 Å². The lowest BCUT2D eigenvalue weighted by Gasteiger charge is -2.37. The Hall–Kier alpha value is -3.35.